The lowest BCUT2D eigenvalue weighted by Crippen LogP contribution is -2.51. The van der Waals surface area contributed by atoms with Crippen LogP contribution in [0.5, 0.6) is 0 Å². The first-order valence-corrected chi connectivity index (χ1v) is 7.46. The first kappa shape index (κ1) is 16.3. The van der Waals surface area contributed by atoms with Crippen LogP contribution in [0.2, 0.25) is 0 Å². The molecule has 1 saturated carbocycles. The van der Waals surface area contributed by atoms with E-state index in [4.69, 9.17) is 5.73 Å². The van der Waals surface area contributed by atoms with Crippen molar-refractivity contribution in [1.82, 2.24) is 5.32 Å². The first-order chi connectivity index (χ1) is 9.77. The number of alkyl halides is 3. The van der Waals surface area contributed by atoms with Gasteiger partial charge in [0, 0.05) is 11.0 Å². The van der Waals surface area contributed by atoms with Gasteiger partial charge in [-0.3, -0.25) is 4.79 Å². The van der Waals surface area contributed by atoms with E-state index >= 15 is 0 Å². The van der Waals surface area contributed by atoms with Crippen LogP contribution in [-0.4, -0.2) is 18.0 Å². The van der Waals surface area contributed by atoms with E-state index in [1.807, 2.05) is 0 Å². The maximum atomic E-state index is 12.7. The van der Waals surface area contributed by atoms with Crippen molar-refractivity contribution in [3.63, 3.8) is 0 Å². The van der Waals surface area contributed by atoms with Crippen molar-refractivity contribution in [1.29, 1.82) is 0 Å². The van der Waals surface area contributed by atoms with Crippen molar-refractivity contribution in [2.45, 2.75) is 37.4 Å². The summed E-state index contributed by atoms with van der Waals surface area (Å²) < 4.78 is 38.6. The van der Waals surface area contributed by atoms with Crippen molar-refractivity contribution in [2.75, 3.05) is 6.54 Å². The van der Waals surface area contributed by atoms with E-state index in [1.54, 1.807) is 0 Å². The summed E-state index contributed by atoms with van der Waals surface area (Å²) in [7, 11) is 0. The molecule has 3 N–H and O–H groups in total. The third-order valence-electron chi connectivity index (χ3n) is 3.87. The van der Waals surface area contributed by atoms with Crippen LogP contribution in [-0.2, 0) is 6.18 Å². The summed E-state index contributed by atoms with van der Waals surface area (Å²) in [6.07, 6.45) is -1.05. The number of amides is 1. The van der Waals surface area contributed by atoms with Crippen LogP contribution in [0.3, 0.4) is 0 Å². The normalized spacial score (nSPS) is 17.8. The van der Waals surface area contributed by atoms with Gasteiger partial charge < -0.3 is 11.1 Å². The van der Waals surface area contributed by atoms with E-state index in [0.29, 0.717) is 4.47 Å². The molecule has 116 valence electrons. The lowest BCUT2D eigenvalue weighted by atomic mass is 9.97. The van der Waals surface area contributed by atoms with Gasteiger partial charge in [-0.2, -0.15) is 13.2 Å². The minimum Gasteiger partial charge on any atom is -0.345 e. The van der Waals surface area contributed by atoms with Gasteiger partial charge in [0.25, 0.3) is 5.91 Å². The summed E-state index contributed by atoms with van der Waals surface area (Å²) in [5.74, 6) is -0.527. The second-order valence-corrected chi connectivity index (χ2v) is 6.19. The number of nitrogens with one attached hydrogen (secondary N) is 1. The van der Waals surface area contributed by atoms with Gasteiger partial charge in [-0.25, -0.2) is 0 Å². The summed E-state index contributed by atoms with van der Waals surface area (Å²) in [5, 5.41) is 2.82. The molecule has 21 heavy (non-hydrogen) atoms. The fourth-order valence-electron chi connectivity index (χ4n) is 2.62. The Labute approximate surface area is 129 Å². The molecule has 1 aromatic rings. The number of hydrogen-bond acceptors (Lipinski definition) is 2. The van der Waals surface area contributed by atoms with Gasteiger partial charge in [-0.05, 0) is 47.0 Å². The van der Waals surface area contributed by atoms with Crippen LogP contribution in [0.4, 0.5) is 13.2 Å². The fraction of sp³-hybridized carbons (Fsp3) is 0.500. The average molecular weight is 365 g/mol. The molecule has 1 aliphatic carbocycles. The van der Waals surface area contributed by atoms with Crippen LogP contribution in [0.25, 0.3) is 0 Å². The molecule has 3 nitrogen and oxygen atoms in total. The van der Waals surface area contributed by atoms with Gasteiger partial charge in [0.15, 0.2) is 0 Å². The van der Waals surface area contributed by atoms with Crippen LogP contribution in [0, 0.1) is 0 Å². The van der Waals surface area contributed by atoms with Gasteiger partial charge in [0.1, 0.15) is 0 Å². The second-order valence-electron chi connectivity index (χ2n) is 5.34. The zero-order valence-electron chi connectivity index (χ0n) is 11.3. The molecular weight excluding hydrogens is 349 g/mol. The largest absolute Gasteiger partial charge is 0.416 e. The molecule has 0 heterocycles. The maximum Gasteiger partial charge on any atom is 0.416 e. The quantitative estimate of drug-likeness (QED) is 0.862. The van der Waals surface area contributed by atoms with Gasteiger partial charge >= 0.3 is 6.18 Å². The van der Waals surface area contributed by atoms with E-state index in [0.717, 1.165) is 37.8 Å². The standard InChI is InChI=1S/C14H16BrF3N2O/c15-11-4-3-9(14(16,17)18)7-10(11)12(21)20-13(8-19)5-1-2-6-13/h3-4,7H,1-2,5-6,8,19H2,(H,20,21). The Morgan fingerprint density at radius 1 is 1.33 bits per heavy atom. The van der Waals surface area contributed by atoms with Crippen molar-refractivity contribution in [2.24, 2.45) is 5.73 Å². The number of benzene rings is 1. The molecule has 0 atom stereocenters. The molecule has 2 rings (SSSR count). The topological polar surface area (TPSA) is 55.1 Å². The van der Waals surface area contributed by atoms with Gasteiger partial charge in [0.05, 0.1) is 16.7 Å². The number of nitrogens with two attached hydrogens (primary N) is 1. The molecular formula is C14H16BrF3N2O. The van der Waals surface area contributed by atoms with Crippen molar-refractivity contribution < 1.29 is 18.0 Å². The summed E-state index contributed by atoms with van der Waals surface area (Å²) in [5.41, 5.74) is 4.36. The molecule has 1 fully saturated rings. The predicted molar refractivity (Wildman–Crippen MR) is 76.9 cm³/mol. The summed E-state index contributed by atoms with van der Waals surface area (Å²) in [6, 6.07) is 3.04. The van der Waals surface area contributed by atoms with E-state index in [9.17, 15) is 18.0 Å². The summed E-state index contributed by atoms with van der Waals surface area (Å²) >= 11 is 3.13. The van der Waals surface area contributed by atoms with Crippen molar-refractivity contribution in [3.05, 3.63) is 33.8 Å². The minimum absolute atomic E-state index is 0.0236. The monoisotopic (exact) mass is 364 g/mol. The van der Waals surface area contributed by atoms with E-state index in [2.05, 4.69) is 21.2 Å². The molecule has 0 radical (unpaired) electrons. The van der Waals surface area contributed by atoms with Crippen LogP contribution in [0.15, 0.2) is 22.7 Å². The second kappa shape index (κ2) is 5.96. The Morgan fingerprint density at radius 2 is 1.95 bits per heavy atom. The highest BCUT2D eigenvalue weighted by molar-refractivity contribution is 9.10. The lowest BCUT2D eigenvalue weighted by Gasteiger charge is -2.29. The Morgan fingerprint density at radius 3 is 2.48 bits per heavy atom. The SMILES string of the molecule is NCC1(NC(=O)c2cc(C(F)(F)F)ccc2Br)CCCC1. The third kappa shape index (κ3) is 3.58. The van der Waals surface area contributed by atoms with Crippen LogP contribution >= 0.6 is 15.9 Å². The predicted octanol–water partition coefficient (Wildman–Crippen LogP) is 3.47. The molecule has 0 spiro atoms. The minimum atomic E-state index is -4.48. The Kier molecular flexibility index (Phi) is 4.63. The molecule has 0 bridgehead atoms. The number of carbonyl (C=O) groups excluding carboxylic acids is 1. The molecule has 0 unspecified atom stereocenters. The first-order valence-electron chi connectivity index (χ1n) is 6.67. The number of hydrogen-bond donors (Lipinski definition) is 2. The van der Waals surface area contributed by atoms with E-state index < -0.39 is 23.2 Å². The maximum absolute atomic E-state index is 12.7. The zero-order chi connectivity index (χ0) is 15.7. The Bertz CT molecular complexity index is 540. The fourth-order valence-corrected chi connectivity index (χ4v) is 3.04. The highest BCUT2D eigenvalue weighted by Gasteiger charge is 2.36. The number of rotatable bonds is 3. The van der Waals surface area contributed by atoms with Gasteiger partial charge in [-0.15, -0.1) is 0 Å². The number of halogens is 4. The Balaban J connectivity index is 2.26. The summed E-state index contributed by atoms with van der Waals surface area (Å²) in [4.78, 5) is 12.3. The molecule has 1 aromatic carbocycles. The lowest BCUT2D eigenvalue weighted by molar-refractivity contribution is -0.137. The van der Waals surface area contributed by atoms with Gasteiger partial charge in [-0.1, -0.05) is 12.8 Å². The molecule has 0 aromatic heterocycles. The van der Waals surface area contributed by atoms with Crippen LogP contribution in [0.1, 0.15) is 41.6 Å². The highest BCUT2D eigenvalue weighted by Crippen LogP contribution is 2.33. The van der Waals surface area contributed by atoms with E-state index in [-0.39, 0.29) is 12.1 Å². The summed E-state index contributed by atoms with van der Waals surface area (Å²) in [6.45, 7) is 0.287. The molecule has 1 aliphatic rings. The molecule has 0 saturated heterocycles. The van der Waals surface area contributed by atoms with E-state index in [1.165, 1.54) is 6.07 Å². The highest BCUT2D eigenvalue weighted by atomic mass is 79.9. The van der Waals surface area contributed by atoms with Crippen molar-refractivity contribution in [3.8, 4) is 0 Å². The number of carbonyl (C=O) groups is 1. The Hall–Kier alpha value is -1.08. The van der Waals surface area contributed by atoms with Gasteiger partial charge in [0.2, 0.25) is 0 Å². The van der Waals surface area contributed by atoms with Crippen LogP contribution < -0.4 is 11.1 Å². The third-order valence-corrected chi connectivity index (χ3v) is 4.56. The molecule has 0 aliphatic heterocycles. The molecule has 7 heteroatoms. The zero-order valence-corrected chi connectivity index (χ0v) is 12.9. The average Bonchev–Trinajstić information content (AvgIpc) is 2.87. The van der Waals surface area contributed by atoms with Crippen molar-refractivity contribution >= 4 is 21.8 Å². The molecule has 1 amide bonds. The smallest absolute Gasteiger partial charge is 0.345 e.